The molecule has 150 valence electrons. The van der Waals surface area contributed by atoms with E-state index >= 15 is 0 Å². The van der Waals surface area contributed by atoms with Gasteiger partial charge < -0.3 is 10.1 Å². The number of imide groups is 1. The van der Waals surface area contributed by atoms with Crippen LogP contribution in [0.4, 0.5) is 5.69 Å². The first-order valence-corrected chi connectivity index (χ1v) is 9.19. The van der Waals surface area contributed by atoms with Gasteiger partial charge in [0, 0.05) is 22.9 Å². The highest BCUT2D eigenvalue weighted by atomic mass is 16.5. The molecule has 30 heavy (non-hydrogen) atoms. The van der Waals surface area contributed by atoms with Crippen molar-refractivity contribution in [2.75, 3.05) is 12.4 Å². The summed E-state index contributed by atoms with van der Waals surface area (Å²) in [7, 11) is 1.59. The average Bonchev–Trinajstić information content (AvgIpc) is 2.79. The first kappa shape index (κ1) is 20.5. The lowest BCUT2D eigenvalue weighted by molar-refractivity contribution is -0.111. The predicted molar refractivity (Wildman–Crippen MR) is 115 cm³/mol. The largest absolute Gasteiger partial charge is 0.497 e. The molecule has 0 aliphatic carbocycles. The topological polar surface area (TPSA) is 84.5 Å². The second-order valence-electron chi connectivity index (χ2n) is 6.32. The highest BCUT2D eigenvalue weighted by Crippen LogP contribution is 2.13. The molecule has 0 bridgehead atoms. The van der Waals surface area contributed by atoms with Crippen LogP contribution in [0.5, 0.6) is 5.75 Å². The van der Waals surface area contributed by atoms with Gasteiger partial charge in [-0.2, -0.15) is 0 Å². The quantitative estimate of drug-likeness (QED) is 0.485. The molecule has 3 rings (SSSR count). The third-order valence-electron chi connectivity index (χ3n) is 4.22. The Morgan fingerprint density at radius 2 is 1.37 bits per heavy atom. The average molecular weight is 400 g/mol. The van der Waals surface area contributed by atoms with E-state index in [9.17, 15) is 14.4 Å². The van der Waals surface area contributed by atoms with Crippen LogP contribution in [0, 0.1) is 0 Å². The van der Waals surface area contributed by atoms with Crippen LogP contribution in [0.1, 0.15) is 26.3 Å². The van der Waals surface area contributed by atoms with Crippen molar-refractivity contribution >= 4 is 29.5 Å². The molecule has 3 aromatic rings. The minimum Gasteiger partial charge on any atom is -0.497 e. The number of rotatable bonds is 6. The molecule has 2 N–H and O–H groups in total. The van der Waals surface area contributed by atoms with Gasteiger partial charge in [0.05, 0.1) is 7.11 Å². The first-order chi connectivity index (χ1) is 14.5. The lowest BCUT2D eigenvalue weighted by Crippen LogP contribution is -2.30. The zero-order valence-electron chi connectivity index (χ0n) is 16.3. The van der Waals surface area contributed by atoms with Gasteiger partial charge in [-0.15, -0.1) is 0 Å². The third kappa shape index (κ3) is 5.65. The molecule has 0 radical (unpaired) electrons. The maximum atomic E-state index is 12.2. The molecule has 0 unspecified atom stereocenters. The molecule has 3 amide bonds. The van der Waals surface area contributed by atoms with Gasteiger partial charge in [-0.05, 0) is 60.2 Å². The maximum absolute atomic E-state index is 12.2. The molecule has 0 saturated heterocycles. The van der Waals surface area contributed by atoms with Crippen molar-refractivity contribution in [2.45, 2.75) is 0 Å². The molecular weight excluding hydrogens is 380 g/mol. The van der Waals surface area contributed by atoms with Crippen LogP contribution in [0.25, 0.3) is 6.08 Å². The van der Waals surface area contributed by atoms with Crippen molar-refractivity contribution in [3.8, 4) is 5.75 Å². The van der Waals surface area contributed by atoms with Crippen molar-refractivity contribution in [2.24, 2.45) is 0 Å². The van der Waals surface area contributed by atoms with Gasteiger partial charge in [-0.25, -0.2) is 0 Å². The third-order valence-corrected chi connectivity index (χ3v) is 4.22. The summed E-state index contributed by atoms with van der Waals surface area (Å²) in [6.07, 6.45) is 3.10. The Morgan fingerprint density at radius 3 is 1.97 bits per heavy atom. The van der Waals surface area contributed by atoms with E-state index in [-0.39, 0.29) is 5.91 Å². The molecule has 6 heteroatoms. The van der Waals surface area contributed by atoms with Gasteiger partial charge in [0.15, 0.2) is 0 Å². The smallest absolute Gasteiger partial charge is 0.258 e. The van der Waals surface area contributed by atoms with Crippen LogP contribution in [0.3, 0.4) is 0 Å². The Balaban J connectivity index is 1.55. The number of anilines is 1. The SMILES string of the molecule is COc1ccc(/C=C/C(=O)Nc2ccc(C(=O)NC(=O)c3ccccc3)cc2)cc1. The molecule has 0 aliphatic rings. The summed E-state index contributed by atoms with van der Waals surface area (Å²) in [5.41, 5.74) is 2.11. The van der Waals surface area contributed by atoms with Crippen molar-refractivity contribution in [3.05, 3.63) is 102 Å². The first-order valence-electron chi connectivity index (χ1n) is 9.19. The monoisotopic (exact) mass is 400 g/mol. The standard InChI is InChI=1S/C24H20N2O4/c1-30-21-14-7-17(8-15-21)9-16-22(27)25-20-12-10-19(11-13-20)24(29)26-23(28)18-5-3-2-4-6-18/h2-16H,1H3,(H,25,27)(H,26,28,29)/b16-9+. The van der Waals surface area contributed by atoms with Crippen LogP contribution in [-0.2, 0) is 4.79 Å². The normalized spacial score (nSPS) is 10.4. The number of nitrogens with one attached hydrogen (secondary N) is 2. The van der Waals surface area contributed by atoms with E-state index in [1.54, 1.807) is 55.7 Å². The van der Waals surface area contributed by atoms with Crippen LogP contribution in [0.2, 0.25) is 0 Å². The van der Waals surface area contributed by atoms with Crippen LogP contribution < -0.4 is 15.4 Å². The number of methoxy groups -OCH3 is 1. The molecule has 3 aromatic carbocycles. The molecule has 6 nitrogen and oxygen atoms in total. The molecule has 0 aromatic heterocycles. The number of hydrogen-bond acceptors (Lipinski definition) is 4. The molecule has 0 atom stereocenters. The number of carbonyl (C=O) groups is 3. The molecule has 0 aliphatic heterocycles. The molecule has 0 heterocycles. The summed E-state index contributed by atoms with van der Waals surface area (Å²) in [6, 6.07) is 22.1. The predicted octanol–water partition coefficient (Wildman–Crippen LogP) is 3.92. The Bertz CT molecular complexity index is 1060. The summed E-state index contributed by atoms with van der Waals surface area (Å²) < 4.78 is 5.09. The number of amides is 3. The van der Waals surface area contributed by atoms with E-state index in [2.05, 4.69) is 10.6 Å². The van der Waals surface area contributed by atoms with Crippen molar-refractivity contribution in [3.63, 3.8) is 0 Å². The fraction of sp³-hybridized carbons (Fsp3) is 0.0417. The van der Waals surface area contributed by atoms with Crippen molar-refractivity contribution < 1.29 is 19.1 Å². The molecule has 0 spiro atoms. The van der Waals surface area contributed by atoms with Gasteiger partial charge in [-0.3, -0.25) is 19.7 Å². The van der Waals surface area contributed by atoms with Gasteiger partial charge in [0.2, 0.25) is 5.91 Å². The zero-order valence-corrected chi connectivity index (χ0v) is 16.3. The highest BCUT2D eigenvalue weighted by molar-refractivity contribution is 6.10. The van der Waals surface area contributed by atoms with Crippen LogP contribution in [-0.4, -0.2) is 24.8 Å². The number of benzene rings is 3. The lowest BCUT2D eigenvalue weighted by atomic mass is 10.1. The van der Waals surface area contributed by atoms with E-state index in [4.69, 9.17) is 4.74 Å². The molecular formula is C24H20N2O4. The van der Waals surface area contributed by atoms with E-state index in [0.717, 1.165) is 11.3 Å². The second-order valence-corrected chi connectivity index (χ2v) is 6.32. The summed E-state index contributed by atoms with van der Waals surface area (Å²) in [5, 5.41) is 5.05. The number of carbonyl (C=O) groups excluding carboxylic acids is 3. The Labute approximate surface area is 174 Å². The zero-order chi connectivity index (χ0) is 21.3. The summed E-state index contributed by atoms with van der Waals surface area (Å²) >= 11 is 0. The summed E-state index contributed by atoms with van der Waals surface area (Å²) in [4.78, 5) is 36.4. The van der Waals surface area contributed by atoms with Crippen LogP contribution in [0.15, 0.2) is 84.9 Å². The van der Waals surface area contributed by atoms with Gasteiger partial charge in [0.25, 0.3) is 11.8 Å². The highest BCUT2D eigenvalue weighted by Gasteiger charge is 2.12. The lowest BCUT2D eigenvalue weighted by Gasteiger charge is -2.06. The summed E-state index contributed by atoms with van der Waals surface area (Å²) in [5.74, 6) is -0.545. The van der Waals surface area contributed by atoms with E-state index in [0.29, 0.717) is 16.8 Å². The second kappa shape index (κ2) is 9.84. The number of ether oxygens (including phenoxy) is 1. The fourth-order valence-electron chi connectivity index (χ4n) is 2.61. The van der Waals surface area contributed by atoms with E-state index in [1.165, 1.54) is 18.2 Å². The Hall–Kier alpha value is -4.19. The maximum Gasteiger partial charge on any atom is 0.258 e. The fourth-order valence-corrected chi connectivity index (χ4v) is 2.61. The minimum absolute atomic E-state index is 0.303. The van der Waals surface area contributed by atoms with Gasteiger partial charge in [-0.1, -0.05) is 30.3 Å². The molecule has 0 saturated carbocycles. The minimum atomic E-state index is -0.513. The van der Waals surface area contributed by atoms with Gasteiger partial charge in [0.1, 0.15) is 5.75 Å². The van der Waals surface area contributed by atoms with Gasteiger partial charge >= 0.3 is 0 Å². The van der Waals surface area contributed by atoms with Crippen molar-refractivity contribution in [1.29, 1.82) is 0 Å². The van der Waals surface area contributed by atoms with E-state index in [1.807, 2.05) is 24.3 Å². The Kier molecular flexibility index (Phi) is 6.74. The number of hydrogen-bond donors (Lipinski definition) is 2. The van der Waals surface area contributed by atoms with E-state index < -0.39 is 11.8 Å². The Morgan fingerprint density at radius 1 is 0.767 bits per heavy atom. The van der Waals surface area contributed by atoms with Crippen LogP contribution >= 0.6 is 0 Å². The van der Waals surface area contributed by atoms with Crippen molar-refractivity contribution in [1.82, 2.24) is 5.32 Å². The molecule has 0 fully saturated rings. The summed E-state index contributed by atoms with van der Waals surface area (Å²) in [6.45, 7) is 0.